The molecule has 2 aliphatic carbocycles. The van der Waals surface area contributed by atoms with Crippen LogP contribution in [0.3, 0.4) is 0 Å². The van der Waals surface area contributed by atoms with E-state index < -0.39 is 0 Å². The number of benzene rings is 1. The third-order valence-electron chi connectivity index (χ3n) is 12.0. The van der Waals surface area contributed by atoms with E-state index in [-0.39, 0.29) is 59.8 Å². The molecule has 0 unspecified atom stereocenters. The summed E-state index contributed by atoms with van der Waals surface area (Å²) >= 11 is 0. The van der Waals surface area contributed by atoms with Gasteiger partial charge in [-0.3, -0.25) is 14.4 Å². The van der Waals surface area contributed by atoms with Crippen molar-refractivity contribution in [2.75, 3.05) is 32.7 Å². The minimum Gasteiger partial charge on any atom is -0.455 e. The van der Waals surface area contributed by atoms with Crippen LogP contribution < -0.4 is 16.8 Å². The van der Waals surface area contributed by atoms with Gasteiger partial charge in [0.15, 0.2) is 0 Å². The summed E-state index contributed by atoms with van der Waals surface area (Å²) < 4.78 is 6.39. The molecule has 0 bridgehead atoms. The van der Waals surface area contributed by atoms with Gasteiger partial charge in [0.2, 0.25) is 17.7 Å². The molecule has 1 aromatic rings. The normalized spacial score (nSPS) is 32.7. The molecule has 6 rings (SSSR count). The fraction of sp³-hybridized carbons (Fsp3) is 0.730. The number of piperidine rings is 1. The van der Waals surface area contributed by atoms with Gasteiger partial charge < -0.3 is 36.2 Å². The molecule has 0 aromatic heterocycles. The number of primary amides is 2. The number of likely N-dealkylation sites (tertiary alicyclic amines) is 1. The number of nitrogens with zero attached hydrogens (tertiary/aromatic N) is 4. The zero-order valence-corrected chi connectivity index (χ0v) is 29.0. The predicted molar refractivity (Wildman–Crippen MR) is 186 cm³/mol. The highest BCUT2D eigenvalue weighted by atomic mass is 16.5. The van der Waals surface area contributed by atoms with Crippen molar-refractivity contribution < 1.29 is 19.1 Å². The van der Waals surface area contributed by atoms with E-state index in [0.717, 1.165) is 89.3 Å². The molecule has 264 valence electrons. The molecule has 0 spiro atoms. The Hall–Kier alpha value is -3.18. The van der Waals surface area contributed by atoms with E-state index in [4.69, 9.17) is 21.2 Å². The van der Waals surface area contributed by atoms with Crippen LogP contribution in [0.25, 0.3) is 0 Å². The predicted octanol–water partition coefficient (Wildman–Crippen LogP) is 3.18. The van der Waals surface area contributed by atoms with Crippen LogP contribution in [-0.2, 0) is 19.1 Å². The molecule has 3 heterocycles. The minimum atomic E-state index is -0.251. The smallest absolute Gasteiger partial charge is 0.288 e. The Balaban J connectivity index is 1.06. The standard InChI is InChI=1S/C37H57N7O4/c1-24-23-43(37-40-25(2)33(48-37)27-6-4-3-5-7-27)20-21-44(24)36(47)32(41-30-12-8-28(9-13-30)34(38)45)22-26-16-18-42(19-17-26)31-14-10-29(11-15-31)35(39)46/h3-7,24-26,28-33,41H,8-23H2,1-2H3,(H2,38,45)(H2,39,46)/t24-,25+,28?,29?,30?,31?,32-,33-/m1/s1. The maximum absolute atomic E-state index is 14.4. The van der Waals surface area contributed by atoms with Gasteiger partial charge in [0.05, 0.1) is 12.1 Å². The van der Waals surface area contributed by atoms with Crippen molar-refractivity contribution in [3.8, 4) is 0 Å². The quantitative estimate of drug-likeness (QED) is 0.368. The Morgan fingerprint density at radius 3 is 2.08 bits per heavy atom. The molecular weight excluding hydrogens is 606 g/mol. The number of amides is 3. The lowest BCUT2D eigenvalue weighted by Gasteiger charge is -2.44. The summed E-state index contributed by atoms with van der Waals surface area (Å²) in [5.41, 5.74) is 12.3. The summed E-state index contributed by atoms with van der Waals surface area (Å²) in [5, 5.41) is 3.80. The first-order chi connectivity index (χ1) is 23.2. The summed E-state index contributed by atoms with van der Waals surface area (Å²) in [4.78, 5) is 49.6. The maximum atomic E-state index is 14.4. The average molecular weight is 664 g/mol. The summed E-state index contributed by atoms with van der Waals surface area (Å²) in [5.74, 6) is 0.283. The van der Waals surface area contributed by atoms with Crippen LogP contribution in [0.15, 0.2) is 35.3 Å². The van der Waals surface area contributed by atoms with Gasteiger partial charge in [-0.1, -0.05) is 30.3 Å². The number of ether oxygens (including phenoxy) is 1. The van der Waals surface area contributed by atoms with E-state index in [9.17, 15) is 14.4 Å². The highest BCUT2D eigenvalue weighted by Crippen LogP contribution is 2.33. The number of nitrogens with two attached hydrogens (primary N) is 2. The van der Waals surface area contributed by atoms with Crippen LogP contribution in [0, 0.1) is 17.8 Å². The van der Waals surface area contributed by atoms with Gasteiger partial charge in [-0.15, -0.1) is 0 Å². The molecule has 11 heteroatoms. The van der Waals surface area contributed by atoms with Crippen LogP contribution >= 0.6 is 0 Å². The van der Waals surface area contributed by atoms with Crippen molar-refractivity contribution in [1.29, 1.82) is 0 Å². The second-order valence-corrected chi connectivity index (χ2v) is 15.2. The number of rotatable bonds is 9. The van der Waals surface area contributed by atoms with Gasteiger partial charge in [-0.05, 0) is 109 Å². The summed E-state index contributed by atoms with van der Waals surface area (Å²) in [6.45, 7) is 8.33. The molecule has 5 aliphatic rings. The third-order valence-corrected chi connectivity index (χ3v) is 12.0. The zero-order chi connectivity index (χ0) is 33.8. The summed E-state index contributed by atoms with van der Waals surface area (Å²) in [6.07, 6.45) is 10.1. The molecule has 3 aliphatic heterocycles. The molecule has 11 nitrogen and oxygen atoms in total. The van der Waals surface area contributed by atoms with Crippen LogP contribution in [0.1, 0.15) is 96.1 Å². The SMILES string of the molecule is C[C@@H]1N=C(N2CCN(C(=O)[C@@H](CC3CCN(C4CCC(C(N)=O)CC4)CC3)NC3CCC(C(N)=O)CC3)[C@H](C)C2)O[C@H]1c1ccccc1. The van der Waals surface area contributed by atoms with Crippen LogP contribution in [0.4, 0.5) is 0 Å². The highest BCUT2D eigenvalue weighted by molar-refractivity contribution is 5.83. The Labute approximate surface area is 286 Å². The van der Waals surface area contributed by atoms with Crippen LogP contribution in [0.2, 0.25) is 0 Å². The van der Waals surface area contributed by atoms with Gasteiger partial charge in [-0.25, -0.2) is 4.99 Å². The van der Waals surface area contributed by atoms with Crippen molar-refractivity contribution in [3.05, 3.63) is 35.9 Å². The fourth-order valence-electron chi connectivity index (χ4n) is 8.97. The van der Waals surface area contributed by atoms with E-state index in [0.29, 0.717) is 37.6 Å². The van der Waals surface area contributed by atoms with Gasteiger partial charge in [0, 0.05) is 49.6 Å². The molecule has 2 saturated heterocycles. The van der Waals surface area contributed by atoms with Gasteiger partial charge in [0.25, 0.3) is 6.02 Å². The van der Waals surface area contributed by atoms with Crippen molar-refractivity contribution in [3.63, 3.8) is 0 Å². The topological polar surface area (TPSA) is 147 Å². The van der Waals surface area contributed by atoms with E-state index >= 15 is 0 Å². The summed E-state index contributed by atoms with van der Waals surface area (Å²) in [6, 6.07) is 11.5. The van der Waals surface area contributed by atoms with E-state index in [1.807, 2.05) is 18.2 Å². The Morgan fingerprint density at radius 2 is 1.48 bits per heavy atom. The molecule has 1 aromatic carbocycles. The minimum absolute atomic E-state index is 0.0240. The number of carbonyl (C=O) groups is 3. The first-order valence-corrected chi connectivity index (χ1v) is 18.6. The molecular formula is C37H57N7O4. The Kier molecular flexibility index (Phi) is 11.3. The number of piperazine rings is 1. The second kappa shape index (κ2) is 15.6. The molecule has 0 radical (unpaired) electrons. The molecule has 4 atom stereocenters. The number of amidine groups is 1. The van der Waals surface area contributed by atoms with Gasteiger partial charge in [-0.2, -0.15) is 0 Å². The van der Waals surface area contributed by atoms with Crippen LogP contribution in [0.5, 0.6) is 0 Å². The van der Waals surface area contributed by atoms with E-state index in [1.54, 1.807) is 0 Å². The lowest BCUT2D eigenvalue weighted by molar-refractivity contribution is -0.138. The molecule has 3 amide bonds. The van der Waals surface area contributed by atoms with Crippen molar-refractivity contribution in [1.82, 2.24) is 20.0 Å². The highest BCUT2D eigenvalue weighted by Gasteiger charge is 2.39. The molecule has 2 saturated carbocycles. The Morgan fingerprint density at radius 1 is 0.854 bits per heavy atom. The van der Waals surface area contributed by atoms with Gasteiger partial charge >= 0.3 is 0 Å². The number of hydrogen-bond acceptors (Lipinski definition) is 8. The fourth-order valence-corrected chi connectivity index (χ4v) is 8.97. The van der Waals surface area contributed by atoms with E-state index in [2.05, 4.69) is 46.0 Å². The molecule has 4 fully saturated rings. The lowest BCUT2D eigenvalue weighted by Crippen LogP contribution is -2.60. The number of nitrogens with one attached hydrogen (secondary N) is 1. The van der Waals surface area contributed by atoms with Crippen molar-refractivity contribution in [2.24, 2.45) is 34.2 Å². The monoisotopic (exact) mass is 663 g/mol. The average Bonchev–Trinajstić information content (AvgIpc) is 3.50. The third kappa shape index (κ3) is 8.16. The van der Waals surface area contributed by atoms with Crippen LogP contribution in [-0.4, -0.2) is 101 Å². The first-order valence-electron chi connectivity index (χ1n) is 18.6. The number of aliphatic imine (C=N–C) groups is 1. The van der Waals surface area contributed by atoms with E-state index in [1.165, 1.54) is 0 Å². The zero-order valence-electron chi connectivity index (χ0n) is 29.0. The van der Waals surface area contributed by atoms with Crippen molar-refractivity contribution >= 4 is 23.7 Å². The maximum Gasteiger partial charge on any atom is 0.288 e. The van der Waals surface area contributed by atoms with Crippen molar-refractivity contribution in [2.45, 2.75) is 121 Å². The number of carbonyl (C=O) groups excluding carboxylic acids is 3. The summed E-state index contributed by atoms with van der Waals surface area (Å²) in [7, 11) is 0. The number of hydrogen-bond donors (Lipinski definition) is 3. The first kappa shape index (κ1) is 34.7. The molecule has 5 N–H and O–H groups in total. The lowest BCUT2D eigenvalue weighted by atomic mass is 9.82. The largest absolute Gasteiger partial charge is 0.455 e. The Bertz CT molecular complexity index is 1290. The molecule has 48 heavy (non-hydrogen) atoms. The van der Waals surface area contributed by atoms with Gasteiger partial charge in [0.1, 0.15) is 6.10 Å². The second-order valence-electron chi connectivity index (χ2n) is 15.2.